The number of aliphatic carboxylic acids is 1. The number of carbonyl (C=O) groups excluding carboxylic acids is 1. The molecular weight excluding hydrogens is 248 g/mol. The number of hydrogen-bond acceptors (Lipinski definition) is 3. The lowest BCUT2D eigenvalue weighted by molar-refractivity contribution is -0.138. The Kier molecular flexibility index (Phi) is 4.86. The fraction of sp³-hybridized carbons (Fsp3) is 0.462. The van der Waals surface area contributed by atoms with Crippen LogP contribution in [0.3, 0.4) is 0 Å². The summed E-state index contributed by atoms with van der Waals surface area (Å²) in [4.78, 5) is 38.8. The molecule has 1 rings (SSSR count). The Bertz CT molecular complexity index is 536. The number of nitrogens with one attached hydrogen (secondary N) is 1. The predicted octanol–water partition coefficient (Wildman–Crippen LogP) is 1.01. The second-order valence-electron chi connectivity index (χ2n) is 4.48. The van der Waals surface area contributed by atoms with E-state index in [4.69, 9.17) is 5.11 Å². The quantitative estimate of drug-likeness (QED) is 0.832. The van der Waals surface area contributed by atoms with E-state index in [1.54, 1.807) is 13.8 Å². The molecule has 0 fully saturated rings. The first-order valence-corrected chi connectivity index (χ1v) is 6.08. The van der Waals surface area contributed by atoms with Crippen molar-refractivity contribution in [1.82, 2.24) is 9.88 Å². The van der Waals surface area contributed by atoms with Gasteiger partial charge in [0.1, 0.15) is 12.1 Å². The molecule has 104 valence electrons. The third-order valence-corrected chi connectivity index (χ3v) is 2.98. The molecular formula is C13H18N2O4. The highest BCUT2D eigenvalue weighted by Crippen LogP contribution is 2.08. The Balaban J connectivity index is 3.11. The molecule has 0 radical (unpaired) electrons. The predicted molar refractivity (Wildman–Crippen MR) is 70.2 cm³/mol. The minimum absolute atomic E-state index is 0.0350. The van der Waals surface area contributed by atoms with Crippen LogP contribution in [-0.4, -0.2) is 39.5 Å². The van der Waals surface area contributed by atoms with Crippen LogP contribution in [0.25, 0.3) is 0 Å². The Morgan fingerprint density at radius 2 is 2.11 bits per heavy atom. The van der Waals surface area contributed by atoms with Crippen LogP contribution in [0.5, 0.6) is 0 Å². The van der Waals surface area contributed by atoms with Gasteiger partial charge in [-0.05, 0) is 20.3 Å². The summed E-state index contributed by atoms with van der Waals surface area (Å²) >= 11 is 0. The van der Waals surface area contributed by atoms with Crippen molar-refractivity contribution < 1.29 is 14.7 Å². The lowest BCUT2D eigenvalue weighted by Gasteiger charge is -2.26. The highest BCUT2D eigenvalue weighted by atomic mass is 16.4. The third-order valence-electron chi connectivity index (χ3n) is 2.98. The first-order chi connectivity index (χ1) is 8.86. The standard InChI is InChI=1S/C13H18N2O4/c1-4-9(3)15(7-12(17)18)13(19)10-6-14-8(2)5-11(10)16/h5-6,9H,4,7H2,1-3H3,(H,14,16)(H,17,18). The van der Waals surface area contributed by atoms with E-state index in [1.165, 1.54) is 17.2 Å². The van der Waals surface area contributed by atoms with E-state index in [-0.39, 0.29) is 11.6 Å². The van der Waals surface area contributed by atoms with Crippen molar-refractivity contribution >= 4 is 11.9 Å². The first-order valence-electron chi connectivity index (χ1n) is 6.08. The number of rotatable bonds is 5. The number of aryl methyl sites for hydroxylation is 1. The van der Waals surface area contributed by atoms with Gasteiger partial charge in [-0.15, -0.1) is 0 Å². The van der Waals surface area contributed by atoms with Gasteiger partial charge < -0.3 is 15.0 Å². The summed E-state index contributed by atoms with van der Waals surface area (Å²) in [6.45, 7) is 4.90. The molecule has 0 spiro atoms. The highest BCUT2D eigenvalue weighted by molar-refractivity contribution is 5.95. The van der Waals surface area contributed by atoms with Gasteiger partial charge in [-0.2, -0.15) is 0 Å². The lowest BCUT2D eigenvalue weighted by Crippen LogP contribution is -2.43. The molecule has 0 saturated heterocycles. The first kappa shape index (κ1) is 14.9. The molecule has 0 aliphatic carbocycles. The topological polar surface area (TPSA) is 90.5 Å². The molecule has 6 nitrogen and oxygen atoms in total. The molecule has 1 aromatic rings. The second kappa shape index (κ2) is 6.17. The maximum Gasteiger partial charge on any atom is 0.323 e. The number of aromatic amines is 1. The molecule has 0 aliphatic rings. The summed E-state index contributed by atoms with van der Waals surface area (Å²) in [5.41, 5.74) is 0.210. The molecule has 1 heterocycles. The summed E-state index contributed by atoms with van der Waals surface area (Å²) in [7, 11) is 0. The fourth-order valence-corrected chi connectivity index (χ4v) is 1.69. The van der Waals surface area contributed by atoms with Crippen LogP contribution in [0.1, 0.15) is 36.3 Å². The molecule has 1 aromatic heterocycles. The minimum atomic E-state index is -1.10. The van der Waals surface area contributed by atoms with Gasteiger partial charge in [0.05, 0.1) is 0 Å². The SMILES string of the molecule is CCC(C)N(CC(=O)O)C(=O)c1c[nH]c(C)cc1=O. The maximum absolute atomic E-state index is 12.3. The normalized spacial score (nSPS) is 11.9. The van der Waals surface area contributed by atoms with Crippen LogP contribution in [0, 0.1) is 6.92 Å². The zero-order valence-corrected chi connectivity index (χ0v) is 11.3. The molecule has 1 atom stereocenters. The largest absolute Gasteiger partial charge is 0.480 e. The number of carboxylic acid groups (broad SMARTS) is 1. The van der Waals surface area contributed by atoms with Gasteiger partial charge in [0, 0.05) is 24.0 Å². The van der Waals surface area contributed by atoms with Crippen LogP contribution >= 0.6 is 0 Å². The number of carbonyl (C=O) groups is 2. The van der Waals surface area contributed by atoms with Crippen molar-refractivity contribution in [2.75, 3.05) is 6.54 Å². The van der Waals surface area contributed by atoms with Crippen LogP contribution in [-0.2, 0) is 4.79 Å². The van der Waals surface area contributed by atoms with Crippen molar-refractivity contribution in [1.29, 1.82) is 0 Å². The van der Waals surface area contributed by atoms with Gasteiger partial charge >= 0.3 is 5.97 Å². The number of aromatic nitrogens is 1. The highest BCUT2D eigenvalue weighted by Gasteiger charge is 2.24. The fourth-order valence-electron chi connectivity index (χ4n) is 1.69. The number of amides is 1. The Morgan fingerprint density at radius 1 is 1.47 bits per heavy atom. The van der Waals surface area contributed by atoms with Crippen LogP contribution in [0.4, 0.5) is 0 Å². The smallest absolute Gasteiger partial charge is 0.323 e. The van der Waals surface area contributed by atoms with Gasteiger partial charge in [-0.25, -0.2) is 0 Å². The molecule has 2 N–H and O–H groups in total. The van der Waals surface area contributed by atoms with E-state index >= 15 is 0 Å². The van der Waals surface area contributed by atoms with Crippen molar-refractivity contribution in [2.45, 2.75) is 33.2 Å². The van der Waals surface area contributed by atoms with Gasteiger partial charge in [-0.1, -0.05) is 6.92 Å². The summed E-state index contributed by atoms with van der Waals surface area (Å²) < 4.78 is 0. The minimum Gasteiger partial charge on any atom is -0.480 e. The zero-order valence-electron chi connectivity index (χ0n) is 11.3. The third kappa shape index (κ3) is 3.67. The van der Waals surface area contributed by atoms with Crippen molar-refractivity contribution in [2.24, 2.45) is 0 Å². The summed E-state index contributed by atoms with van der Waals surface area (Å²) in [5, 5.41) is 8.86. The molecule has 6 heteroatoms. The van der Waals surface area contributed by atoms with Crippen LogP contribution < -0.4 is 5.43 Å². The molecule has 1 amide bonds. The zero-order chi connectivity index (χ0) is 14.6. The van der Waals surface area contributed by atoms with Gasteiger partial charge in [0.15, 0.2) is 5.43 Å². The molecule has 0 aliphatic heterocycles. The second-order valence-corrected chi connectivity index (χ2v) is 4.48. The van der Waals surface area contributed by atoms with E-state index in [0.29, 0.717) is 12.1 Å². The van der Waals surface area contributed by atoms with Crippen molar-refractivity contribution in [3.8, 4) is 0 Å². The van der Waals surface area contributed by atoms with Crippen LogP contribution in [0.2, 0.25) is 0 Å². The summed E-state index contributed by atoms with van der Waals surface area (Å²) in [6.07, 6.45) is 1.94. The van der Waals surface area contributed by atoms with E-state index in [1.807, 2.05) is 6.92 Å². The van der Waals surface area contributed by atoms with E-state index in [2.05, 4.69) is 4.98 Å². The molecule has 19 heavy (non-hydrogen) atoms. The molecule has 0 saturated carbocycles. The number of pyridine rings is 1. The van der Waals surface area contributed by atoms with E-state index < -0.39 is 23.9 Å². The maximum atomic E-state index is 12.3. The summed E-state index contributed by atoms with van der Waals surface area (Å²) in [5.74, 6) is -1.66. The molecule has 0 bridgehead atoms. The summed E-state index contributed by atoms with van der Waals surface area (Å²) in [6, 6.07) is 1.08. The van der Waals surface area contributed by atoms with Crippen molar-refractivity contribution in [3.05, 3.63) is 33.7 Å². The van der Waals surface area contributed by atoms with Crippen LogP contribution in [0.15, 0.2) is 17.1 Å². The number of carboxylic acids is 1. The Hall–Kier alpha value is -2.11. The molecule has 1 unspecified atom stereocenters. The average molecular weight is 266 g/mol. The number of hydrogen-bond donors (Lipinski definition) is 2. The van der Waals surface area contributed by atoms with E-state index in [0.717, 1.165) is 0 Å². The van der Waals surface area contributed by atoms with Gasteiger partial charge in [-0.3, -0.25) is 14.4 Å². The average Bonchev–Trinajstić information content (AvgIpc) is 2.34. The van der Waals surface area contributed by atoms with Gasteiger partial charge in [0.2, 0.25) is 0 Å². The van der Waals surface area contributed by atoms with E-state index in [9.17, 15) is 14.4 Å². The monoisotopic (exact) mass is 266 g/mol. The lowest BCUT2D eigenvalue weighted by atomic mass is 10.1. The number of nitrogens with zero attached hydrogens (tertiary/aromatic N) is 1. The number of H-pyrrole nitrogens is 1. The molecule has 0 aromatic carbocycles. The van der Waals surface area contributed by atoms with Crippen molar-refractivity contribution in [3.63, 3.8) is 0 Å². The Labute approximate surface area is 111 Å². The Morgan fingerprint density at radius 3 is 2.58 bits per heavy atom. The van der Waals surface area contributed by atoms with Gasteiger partial charge in [0.25, 0.3) is 5.91 Å².